The zero-order valence-corrected chi connectivity index (χ0v) is 20.0. The average Bonchev–Trinajstić information content (AvgIpc) is 3.20. The van der Waals surface area contributed by atoms with Crippen LogP contribution in [-0.2, 0) is 29.5 Å². The van der Waals surface area contributed by atoms with Crippen LogP contribution in [0.25, 0.3) is 0 Å². The van der Waals surface area contributed by atoms with E-state index in [0.717, 1.165) is 49.2 Å². The summed E-state index contributed by atoms with van der Waals surface area (Å²) in [7, 11) is 1.85. The minimum atomic E-state index is -0.502. The maximum absolute atomic E-state index is 13.3. The van der Waals surface area contributed by atoms with Crippen molar-refractivity contribution >= 4 is 17.9 Å². The van der Waals surface area contributed by atoms with Crippen molar-refractivity contribution in [2.24, 2.45) is 7.05 Å². The van der Waals surface area contributed by atoms with E-state index in [4.69, 9.17) is 4.74 Å². The van der Waals surface area contributed by atoms with Crippen LogP contribution in [0.5, 0.6) is 0 Å². The summed E-state index contributed by atoms with van der Waals surface area (Å²) < 4.78 is 6.89. The Hall–Kier alpha value is -3.36. The molecule has 2 aliphatic heterocycles. The molecule has 2 aromatic rings. The van der Waals surface area contributed by atoms with Gasteiger partial charge in [0.2, 0.25) is 0 Å². The van der Waals surface area contributed by atoms with Crippen molar-refractivity contribution in [1.29, 1.82) is 0 Å². The third-order valence-electron chi connectivity index (χ3n) is 6.55. The lowest BCUT2D eigenvalue weighted by Crippen LogP contribution is -2.45. The van der Waals surface area contributed by atoms with Crippen molar-refractivity contribution in [3.63, 3.8) is 0 Å². The minimum absolute atomic E-state index is 0.0499. The van der Waals surface area contributed by atoms with Crippen molar-refractivity contribution in [2.45, 2.75) is 51.6 Å². The molecule has 34 heavy (non-hydrogen) atoms. The summed E-state index contributed by atoms with van der Waals surface area (Å²) in [5.74, 6) is -0.414. The first-order valence-electron chi connectivity index (χ1n) is 12.1. The molecule has 0 saturated carbocycles. The molecule has 4 rings (SSSR count). The second kappa shape index (κ2) is 10.7. The molecule has 0 bridgehead atoms. The van der Waals surface area contributed by atoms with E-state index in [2.05, 4.69) is 10.4 Å². The number of carbonyl (C=O) groups is 3. The van der Waals surface area contributed by atoms with Gasteiger partial charge in [-0.3, -0.25) is 14.3 Å². The number of nitrogens with zero attached hydrogens (tertiary/aromatic N) is 4. The van der Waals surface area contributed by atoms with Crippen molar-refractivity contribution < 1.29 is 19.1 Å². The Balaban J connectivity index is 1.50. The molecule has 1 saturated heterocycles. The maximum Gasteiger partial charge on any atom is 0.318 e. The number of benzene rings is 1. The van der Waals surface area contributed by atoms with Gasteiger partial charge in [-0.25, -0.2) is 4.79 Å². The number of rotatable bonds is 6. The summed E-state index contributed by atoms with van der Waals surface area (Å²) in [6.07, 6.45) is 3.83. The highest BCUT2D eigenvalue weighted by molar-refractivity contribution is 5.94. The van der Waals surface area contributed by atoms with Crippen LogP contribution in [0.4, 0.5) is 4.79 Å². The number of fused-ring (bicyclic) bond motifs is 1. The Labute approximate surface area is 200 Å². The van der Waals surface area contributed by atoms with Gasteiger partial charge in [0.25, 0.3) is 5.91 Å². The number of urea groups is 1. The first-order valence-corrected chi connectivity index (χ1v) is 12.1. The first kappa shape index (κ1) is 23.8. The number of likely N-dealkylation sites (tertiary alicyclic amines) is 1. The van der Waals surface area contributed by atoms with Crippen molar-refractivity contribution in [1.82, 2.24) is 24.9 Å². The van der Waals surface area contributed by atoms with Gasteiger partial charge in [-0.1, -0.05) is 30.3 Å². The first-order chi connectivity index (χ1) is 16.5. The van der Waals surface area contributed by atoms with Gasteiger partial charge in [-0.05, 0) is 31.7 Å². The monoisotopic (exact) mass is 467 g/mol. The maximum atomic E-state index is 13.3. The molecular weight excluding hydrogens is 434 g/mol. The highest BCUT2D eigenvalue weighted by atomic mass is 16.5. The molecule has 1 N–H and O–H groups in total. The third-order valence-corrected chi connectivity index (χ3v) is 6.55. The van der Waals surface area contributed by atoms with Gasteiger partial charge in [0.15, 0.2) is 5.69 Å². The molecule has 3 heterocycles. The van der Waals surface area contributed by atoms with Gasteiger partial charge in [-0.15, -0.1) is 0 Å². The highest BCUT2D eigenvalue weighted by Gasteiger charge is 2.32. The van der Waals surface area contributed by atoms with Crippen LogP contribution in [0.1, 0.15) is 66.0 Å². The Morgan fingerprint density at radius 1 is 1.06 bits per heavy atom. The van der Waals surface area contributed by atoms with E-state index in [0.29, 0.717) is 25.2 Å². The smallest absolute Gasteiger partial charge is 0.318 e. The number of carbonyl (C=O) groups excluding carboxylic acids is 3. The molecule has 3 amide bonds. The zero-order chi connectivity index (χ0) is 24.1. The molecule has 1 fully saturated rings. The van der Waals surface area contributed by atoms with Crippen LogP contribution in [0.15, 0.2) is 30.3 Å². The second-order valence-electron chi connectivity index (χ2n) is 8.84. The largest absolute Gasteiger partial charge is 0.466 e. The number of aryl methyl sites for hydroxylation is 1. The van der Waals surface area contributed by atoms with Crippen molar-refractivity contribution in [3.8, 4) is 0 Å². The normalized spacial score (nSPS) is 16.5. The number of hydrogen-bond donors (Lipinski definition) is 1. The fourth-order valence-corrected chi connectivity index (χ4v) is 4.75. The topological polar surface area (TPSA) is 96.8 Å². The number of aromatic nitrogens is 2. The lowest BCUT2D eigenvalue weighted by atomic mass is 10.0. The Morgan fingerprint density at radius 3 is 2.50 bits per heavy atom. The summed E-state index contributed by atoms with van der Waals surface area (Å²) >= 11 is 0. The number of hydrogen-bond acceptors (Lipinski definition) is 5. The number of piperidine rings is 1. The molecule has 1 aromatic heterocycles. The second-order valence-corrected chi connectivity index (χ2v) is 8.84. The minimum Gasteiger partial charge on any atom is -0.466 e. The summed E-state index contributed by atoms with van der Waals surface area (Å²) in [5, 5.41) is 7.54. The number of amides is 3. The standard InChI is InChI=1S/C25H33N5O4/c1-3-34-22(31)16-20(18-10-6-4-7-11-18)26-25(33)30-15-12-21-19(17-30)23(27-28(21)2)24(32)29-13-8-5-9-14-29/h4,6-7,10-11,20H,3,5,8-9,12-17H2,1-2H3,(H,26,33)/t20-/m0/s1. The Morgan fingerprint density at radius 2 is 1.79 bits per heavy atom. The van der Waals surface area contributed by atoms with E-state index in [1.807, 2.05) is 42.3 Å². The average molecular weight is 468 g/mol. The summed E-state index contributed by atoms with van der Waals surface area (Å²) in [5.41, 5.74) is 3.10. The van der Waals surface area contributed by atoms with Gasteiger partial charge in [-0.2, -0.15) is 5.10 Å². The summed E-state index contributed by atoms with van der Waals surface area (Å²) in [6.45, 7) is 4.37. The third kappa shape index (κ3) is 5.24. The highest BCUT2D eigenvalue weighted by Crippen LogP contribution is 2.25. The van der Waals surface area contributed by atoms with Gasteiger partial charge >= 0.3 is 12.0 Å². The SMILES string of the molecule is CCOC(=O)C[C@H](NC(=O)N1CCc2c(c(C(=O)N3CCCCC3)nn2C)C1)c1ccccc1. The van der Waals surface area contributed by atoms with Crippen molar-refractivity contribution in [2.75, 3.05) is 26.2 Å². The fourth-order valence-electron chi connectivity index (χ4n) is 4.75. The molecule has 9 nitrogen and oxygen atoms in total. The molecular formula is C25H33N5O4. The van der Waals surface area contributed by atoms with Gasteiger partial charge in [0.05, 0.1) is 25.6 Å². The predicted octanol–water partition coefficient (Wildman–Crippen LogP) is 2.81. The molecule has 0 radical (unpaired) electrons. The predicted molar refractivity (Wildman–Crippen MR) is 126 cm³/mol. The quantitative estimate of drug-likeness (QED) is 0.659. The molecule has 0 unspecified atom stereocenters. The van der Waals surface area contributed by atoms with E-state index < -0.39 is 6.04 Å². The van der Waals surface area contributed by atoms with Crippen LogP contribution in [0.2, 0.25) is 0 Å². The molecule has 1 aromatic carbocycles. The lowest BCUT2D eigenvalue weighted by Gasteiger charge is -2.30. The van der Waals surface area contributed by atoms with Crippen LogP contribution in [0, 0.1) is 0 Å². The van der Waals surface area contributed by atoms with Crippen LogP contribution in [-0.4, -0.2) is 63.7 Å². The summed E-state index contributed by atoms with van der Waals surface area (Å²) in [4.78, 5) is 42.2. The van der Waals surface area contributed by atoms with E-state index in [1.165, 1.54) is 0 Å². The van der Waals surface area contributed by atoms with Crippen LogP contribution >= 0.6 is 0 Å². The Kier molecular flexibility index (Phi) is 7.49. The van der Waals surface area contributed by atoms with E-state index in [9.17, 15) is 14.4 Å². The van der Waals surface area contributed by atoms with Crippen LogP contribution in [0.3, 0.4) is 0 Å². The van der Waals surface area contributed by atoms with Gasteiger partial charge in [0.1, 0.15) is 0 Å². The number of ether oxygens (including phenoxy) is 1. The lowest BCUT2D eigenvalue weighted by molar-refractivity contribution is -0.143. The Bertz CT molecular complexity index is 1030. The van der Waals surface area contributed by atoms with E-state index in [1.54, 1.807) is 16.5 Å². The number of nitrogens with one attached hydrogen (secondary N) is 1. The molecule has 0 spiro atoms. The molecule has 182 valence electrons. The zero-order valence-electron chi connectivity index (χ0n) is 20.0. The van der Waals surface area contributed by atoms with Gasteiger partial charge in [0, 0.05) is 44.4 Å². The van der Waals surface area contributed by atoms with E-state index in [-0.39, 0.29) is 30.9 Å². The van der Waals surface area contributed by atoms with Crippen molar-refractivity contribution in [3.05, 3.63) is 52.8 Å². The van der Waals surface area contributed by atoms with Gasteiger partial charge < -0.3 is 19.9 Å². The van der Waals surface area contributed by atoms with E-state index >= 15 is 0 Å². The summed E-state index contributed by atoms with van der Waals surface area (Å²) in [6, 6.07) is 8.63. The van der Waals surface area contributed by atoms with Crippen LogP contribution < -0.4 is 5.32 Å². The molecule has 2 aliphatic rings. The number of esters is 1. The molecule has 1 atom stereocenters. The fraction of sp³-hybridized carbons (Fsp3) is 0.520. The molecule has 9 heteroatoms. The molecule has 0 aliphatic carbocycles.